The van der Waals surface area contributed by atoms with Gasteiger partial charge in [0.2, 0.25) is 0 Å². The summed E-state index contributed by atoms with van der Waals surface area (Å²) in [5.41, 5.74) is 3.78. The lowest BCUT2D eigenvalue weighted by atomic mass is 9.79. The Morgan fingerprint density at radius 3 is 2.63 bits per heavy atom. The summed E-state index contributed by atoms with van der Waals surface area (Å²) >= 11 is 0. The average Bonchev–Trinajstić information content (AvgIpc) is 2.65. The van der Waals surface area contributed by atoms with Crippen LogP contribution in [-0.4, -0.2) is 16.3 Å². The van der Waals surface area contributed by atoms with Crippen molar-refractivity contribution in [1.82, 2.24) is 0 Å². The van der Waals surface area contributed by atoms with Gasteiger partial charge in [-0.05, 0) is 68.1 Å². The highest BCUT2D eigenvalue weighted by atomic mass is 16.3. The van der Waals surface area contributed by atoms with Crippen LogP contribution in [0.25, 0.3) is 6.08 Å². The Morgan fingerprint density at radius 1 is 1.05 bits per heavy atom. The van der Waals surface area contributed by atoms with Crippen LogP contribution in [0.5, 0.6) is 5.75 Å². The fraction of sp³-hybridized carbons (Fsp3) is 0.529. The highest BCUT2D eigenvalue weighted by Crippen LogP contribution is 2.41. The molecule has 2 aliphatic carbocycles. The van der Waals surface area contributed by atoms with Crippen molar-refractivity contribution >= 4 is 6.08 Å². The number of allylic oxidation sites excluding steroid dienone is 1. The summed E-state index contributed by atoms with van der Waals surface area (Å²) in [7, 11) is 0. The maximum Gasteiger partial charge on any atom is 0.119 e. The van der Waals surface area contributed by atoms with E-state index in [4.69, 9.17) is 0 Å². The SMILES string of the molecule is Oc1ccc2c(c1C1CCC(O)CC1)CCCC=C2. The third-order valence-corrected chi connectivity index (χ3v) is 4.57. The van der Waals surface area contributed by atoms with E-state index in [0.29, 0.717) is 11.7 Å². The lowest BCUT2D eigenvalue weighted by molar-refractivity contribution is 0.122. The van der Waals surface area contributed by atoms with Gasteiger partial charge in [0.25, 0.3) is 0 Å². The molecule has 2 N–H and O–H groups in total. The van der Waals surface area contributed by atoms with E-state index in [1.807, 2.05) is 12.1 Å². The molecular formula is C17H22O2. The summed E-state index contributed by atoms with van der Waals surface area (Å²) in [6, 6.07) is 3.88. The van der Waals surface area contributed by atoms with Gasteiger partial charge in [-0.1, -0.05) is 18.2 Å². The van der Waals surface area contributed by atoms with Crippen LogP contribution < -0.4 is 0 Å². The monoisotopic (exact) mass is 258 g/mol. The Balaban J connectivity index is 1.98. The van der Waals surface area contributed by atoms with Crippen LogP contribution in [0.1, 0.15) is 61.1 Å². The largest absolute Gasteiger partial charge is 0.508 e. The molecule has 0 radical (unpaired) electrons. The van der Waals surface area contributed by atoms with E-state index in [-0.39, 0.29) is 6.10 Å². The Kier molecular flexibility index (Phi) is 3.61. The van der Waals surface area contributed by atoms with Gasteiger partial charge in [0.1, 0.15) is 5.75 Å². The van der Waals surface area contributed by atoms with E-state index in [1.54, 1.807) is 0 Å². The quantitative estimate of drug-likeness (QED) is 0.805. The molecule has 0 atom stereocenters. The number of hydrogen-bond donors (Lipinski definition) is 2. The molecule has 0 aromatic heterocycles. The normalized spacial score (nSPS) is 26.8. The number of aliphatic hydroxyl groups is 1. The number of phenols is 1. The maximum absolute atomic E-state index is 10.3. The van der Waals surface area contributed by atoms with Gasteiger partial charge in [0.15, 0.2) is 0 Å². The van der Waals surface area contributed by atoms with E-state index >= 15 is 0 Å². The molecule has 0 unspecified atom stereocenters. The van der Waals surface area contributed by atoms with Crippen molar-refractivity contribution < 1.29 is 10.2 Å². The van der Waals surface area contributed by atoms with Gasteiger partial charge in [-0.3, -0.25) is 0 Å². The molecule has 1 fully saturated rings. The second kappa shape index (κ2) is 5.38. The molecule has 0 bridgehead atoms. The van der Waals surface area contributed by atoms with E-state index in [0.717, 1.165) is 50.5 Å². The summed E-state index contributed by atoms with van der Waals surface area (Å²) in [5.74, 6) is 0.875. The molecule has 19 heavy (non-hydrogen) atoms. The summed E-state index contributed by atoms with van der Waals surface area (Å²) in [6.07, 6.45) is 11.4. The van der Waals surface area contributed by atoms with Crippen molar-refractivity contribution in [3.8, 4) is 5.75 Å². The number of benzene rings is 1. The molecular weight excluding hydrogens is 236 g/mol. The van der Waals surface area contributed by atoms with Crippen molar-refractivity contribution in [3.05, 3.63) is 34.9 Å². The average molecular weight is 258 g/mol. The predicted octanol–water partition coefficient (Wildman–Crippen LogP) is 3.76. The smallest absolute Gasteiger partial charge is 0.119 e. The standard InChI is InChI=1S/C17H22O2/c18-14-9-6-13(7-10-14)17-15-5-3-1-2-4-12(15)8-11-16(17)19/h2,4,8,11,13-14,18-19H,1,3,5-7,9-10H2. The van der Waals surface area contributed by atoms with Gasteiger partial charge < -0.3 is 10.2 Å². The number of aromatic hydroxyl groups is 1. The van der Waals surface area contributed by atoms with E-state index in [9.17, 15) is 10.2 Å². The second-order valence-corrected chi connectivity index (χ2v) is 5.87. The van der Waals surface area contributed by atoms with Gasteiger partial charge >= 0.3 is 0 Å². The van der Waals surface area contributed by atoms with Gasteiger partial charge in [0.05, 0.1) is 6.10 Å². The minimum atomic E-state index is -0.138. The van der Waals surface area contributed by atoms with Gasteiger partial charge in [0, 0.05) is 5.56 Å². The third kappa shape index (κ3) is 2.55. The van der Waals surface area contributed by atoms with E-state index < -0.39 is 0 Å². The molecule has 2 heteroatoms. The first-order valence-corrected chi connectivity index (χ1v) is 7.45. The number of aliphatic hydroxyl groups excluding tert-OH is 1. The third-order valence-electron chi connectivity index (χ3n) is 4.57. The lowest BCUT2D eigenvalue weighted by Gasteiger charge is -2.28. The Bertz CT molecular complexity index is 482. The van der Waals surface area contributed by atoms with Gasteiger partial charge in [-0.25, -0.2) is 0 Å². The lowest BCUT2D eigenvalue weighted by Crippen LogP contribution is -2.18. The first-order valence-electron chi connectivity index (χ1n) is 7.45. The number of phenolic OH excluding ortho intramolecular Hbond substituents is 1. The fourth-order valence-electron chi connectivity index (χ4n) is 3.53. The summed E-state index contributed by atoms with van der Waals surface area (Å²) in [6.45, 7) is 0. The first-order chi connectivity index (χ1) is 9.25. The molecule has 2 aliphatic rings. The van der Waals surface area contributed by atoms with Crippen LogP contribution in [0, 0.1) is 0 Å². The van der Waals surface area contributed by atoms with Crippen molar-refractivity contribution in [2.45, 2.75) is 57.0 Å². The highest BCUT2D eigenvalue weighted by Gasteiger charge is 2.26. The molecule has 0 saturated heterocycles. The second-order valence-electron chi connectivity index (χ2n) is 5.87. The van der Waals surface area contributed by atoms with Crippen LogP contribution in [-0.2, 0) is 6.42 Å². The highest BCUT2D eigenvalue weighted by molar-refractivity contribution is 5.60. The summed E-state index contributed by atoms with van der Waals surface area (Å²) < 4.78 is 0. The summed E-state index contributed by atoms with van der Waals surface area (Å²) in [4.78, 5) is 0. The predicted molar refractivity (Wildman–Crippen MR) is 77.3 cm³/mol. The van der Waals surface area contributed by atoms with Crippen LogP contribution in [0.4, 0.5) is 0 Å². The zero-order valence-corrected chi connectivity index (χ0v) is 11.3. The number of hydrogen-bond acceptors (Lipinski definition) is 2. The van der Waals surface area contributed by atoms with E-state index in [1.165, 1.54) is 11.1 Å². The van der Waals surface area contributed by atoms with E-state index in [2.05, 4.69) is 12.2 Å². The van der Waals surface area contributed by atoms with Gasteiger partial charge in [-0.15, -0.1) is 0 Å². The Hall–Kier alpha value is -1.28. The van der Waals surface area contributed by atoms with Crippen LogP contribution in [0.15, 0.2) is 18.2 Å². The Labute approximate surface area is 114 Å². The van der Waals surface area contributed by atoms with Crippen molar-refractivity contribution in [1.29, 1.82) is 0 Å². The number of fused-ring (bicyclic) bond motifs is 1. The topological polar surface area (TPSA) is 40.5 Å². The summed E-state index contributed by atoms with van der Waals surface area (Å²) in [5, 5.41) is 19.9. The molecule has 0 spiro atoms. The van der Waals surface area contributed by atoms with Crippen molar-refractivity contribution in [2.75, 3.05) is 0 Å². The molecule has 0 aliphatic heterocycles. The van der Waals surface area contributed by atoms with Crippen LogP contribution in [0.3, 0.4) is 0 Å². The van der Waals surface area contributed by atoms with Crippen LogP contribution in [0.2, 0.25) is 0 Å². The minimum absolute atomic E-state index is 0.138. The zero-order valence-electron chi connectivity index (χ0n) is 11.3. The molecule has 0 amide bonds. The molecule has 1 saturated carbocycles. The first kappa shape index (κ1) is 12.7. The molecule has 102 valence electrons. The van der Waals surface area contributed by atoms with Crippen molar-refractivity contribution in [2.24, 2.45) is 0 Å². The maximum atomic E-state index is 10.3. The van der Waals surface area contributed by atoms with Crippen molar-refractivity contribution in [3.63, 3.8) is 0 Å². The molecule has 3 rings (SSSR count). The fourth-order valence-corrected chi connectivity index (χ4v) is 3.53. The van der Waals surface area contributed by atoms with Crippen LogP contribution >= 0.6 is 0 Å². The molecule has 2 nitrogen and oxygen atoms in total. The Morgan fingerprint density at radius 2 is 1.84 bits per heavy atom. The van der Waals surface area contributed by atoms with Gasteiger partial charge in [-0.2, -0.15) is 0 Å². The zero-order chi connectivity index (χ0) is 13.2. The molecule has 1 aromatic carbocycles. The molecule has 0 heterocycles. The molecule has 1 aromatic rings. The number of rotatable bonds is 1. The minimum Gasteiger partial charge on any atom is -0.508 e.